The standard InChI is InChI=1S/C22H26N2O/c1-23(2)20-10-6-9-18(11-20)19-12-21-15-25-16-22(13-19)24(21)14-17-7-4-3-5-8-17/h3-12,21-22H,13-16H2,1-2H3. The van der Waals surface area contributed by atoms with Crippen LogP contribution < -0.4 is 4.90 Å². The molecule has 25 heavy (non-hydrogen) atoms. The molecule has 0 aromatic heterocycles. The van der Waals surface area contributed by atoms with E-state index < -0.39 is 0 Å². The van der Waals surface area contributed by atoms with Gasteiger partial charge in [-0.2, -0.15) is 0 Å². The average molecular weight is 334 g/mol. The van der Waals surface area contributed by atoms with Gasteiger partial charge in [-0.3, -0.25) is 4.90 Å². The molecule has 130 valence electrons. The number of morpholine rings is 1. The largest absolute Gasteiger partial charge is 0.378 e. The highest BCUT2D eigenvalue weighted by atomic mass is 16.5. The molecule has 2 unspecified atom stereocenters. The van der Waals surface area contributed by atoms with Crippen molar-refractivity contribution in [3.05, 3.63) is 71.8 Å². The Kier molecular flexibility index (Phi) is 4.60. The first-order valence-corrected chi connectivity index (χ1v) is 9.06. The molecule has 3 nitrogen and oxygen atoms in total. The molecule has 2 bridgehead atoms. The number of rotatable bonds is 4. The number of fused-ring (bicyclic) bond motifs is 2. The van der Waals surface area contributed by atoms with Gasteiger partial charge in [0.1, 0.15) is 0 Å². The van der Waals surface area contributed by atoms with Crippen molar-refractivity contribution in [3.8, 4) is 0 Å². The van der Waals surface area contributed by atoms with Gasteiger partial charge < -0.3 is 9.64 Å². The van der Waals surface area contributed by atoms with E-state index in [1.165, 1.54) is 22.4 Å². The highest BCUT2D eigenvalue weighted by molar-refractivity contribution is 5.71. The van der Waals surface area contributed by atoms with E-state index in [1.807, 2.05) is 0 Å². The summed E-state index contributed by atoms with van der Waals surface area (Å²) >= 11 is 0. The Bertz CT molecular complexity index is 754. The highest BCUT2D eigenvalue weighted by Crippen LogP contribution is 2.34. The zero-order valence-corrected chi connectivity index (χ0v) is 15.1. The maximum atomic E-state index is 5.86. The fourth-order valence-electron chi connectivity index (χ4n) is 3.90. The van der Waals surface area contributed by atoms with E-state index in [0.29, 0.717) is 12.1 Å². The fraction of sp³-hybridized carbons (Fsp3) is 0.364. The molecule has 0 radical (unpaired) electrons. The Hall–Kier alpha value is -2.10. The summed E-state index contributed by atoms with van der Waals surface area (Å²) in [6.45, 7) is 2.62. The third kappa shape index (κ3) is 3.48. The van der Waals surface area contributed by atoms with Gasteiger partial charge in [0.15, 0.2) is 0 Å². The van der Waals surface area contributed by atoms with Crippen molar-refractivity contribution in [2.24, 2.45) is 0 Å². The van der Waals surface area contributed by atoms with Crippen LogP contribution in [-0.4, -0.2) is 44.3 Å². The van der Waals surface area contributed by atoms with Gasteiger partial charge in [-0.05, 0) is 35.3 Å². The number of anilines is 1. The number of benzene rings is 2. The van der Waals surface area contributed by atoms with E-state index in [0.717, 1.165) is 26.2 Å². The molecule has 2 aromatic carbocycles. The fourth-order valence-corrected chi connectivity index (χ4v) is 3.90. The van der Waals surface area contributed by atoms with Crippen LogP contribution in [0, 0.1) is 0 Å². The second-order valence-electron chi connectivity index (χ2n) is 7.26. The van der Waals surface area contributed by atoms with Crippen LogP contribution in [0.25, 0.3) is 5.57 Å². The van der Waals surface area contributed by atoms with Gasteiger partial charge in [-0.1, -0.05) is 48.5 Å². The smallest absolute Gasteiger partial charge is 0.0658 e. The second-order valence-corrected chi connectivity index (χ2v) is 7.26. The minimum absolute atomic E-state index is 0.366. The summed E-state index contributed by atoms with van der Waals surface area (Å²) in [5, 5.41) is 0. The Labute approximate surface area is 150 Å². The third-order valence-corrected chi connectivity index (χ3v) is 5.28. The van der Waals surface area contributed by atoms with Crippen LogP contribution >= 0.6 is 0 Å². The van der Waals surface area contributed by atoms with Crippen molar-refractivity contribution < 1.29 is 4.74 Å². The van der Waals surface area contributed by atoms with Crippen molar-refractivity contribution in [3.63, 3.8) is 0 Å². The van der Waals surface area contributed by atoms with Gasteiger partial charge in [-0.15, -0.1) is 0 Å². The van der Waals surface area contributed by atoms with Crippen LogP contribution in [0.2, 0.25) is 0 Å². The van der Waals surface area contributed by atoms with Crippen LogP contribution in [0.4, 0.5) is 5.69 Å². The van der Waals surface area contributed by atoms with E-state index in [2.05, 4.69) is 84.6 Å². The summed E-state index contributed by atoms with van der Waals surface area (Å²) in [6, 6.07) is 20.5. The van der Waals surface area contributed by atoms with Gasteiger partial charge in [-0.25, -0.2) is 0 Å². The molecule has 2 heterocycles. The molecular weight excluding hydrogens is 308 g/mol. The molecule has 0 saturated carbocycles. The van der Waals surface area contributed by atoms with Crippen LogP contribution in [0.1, 0.15) is 17.5 Å². The Morgan fingerprint density at radius 2 is 1.88 bits per heavy atom. The SMILES string of the molecule is CN(C)c1cccc(C2=CC3COCC(C2)N3Cc2ccccc2)c1. The van der Waals surface area contributed by atoms with E-state index in [9.17, 15) is 0 Å². The minimum Gasteiger partial charge on any atom is -0.378 e. The predicted octanol–water partition coefficient (Wildman–Crippen LogP) is 3.81. The lowest BCUT2D eigenvalue weighted by Gasteiger charge is -2.45. The van der Waals surface area contributed by atoms with Crippen molar-refractivity contribution in [1.82, 2.24) is 4.90 Å². The summed E-state index contributed by atoms with van der Waals surface area (Å²) in [4.78, 5) is 4.77. The summed E-state index contributed by atoms with van der Waals surface area (Å²) in [5.41, 5.74) is 5.45. The average Bonchev–Trinajstić information content (AvgIpc) is 2.62. The van der Waals surface area contributed by atoms with Gasteiger partial charge >= 0.3 is 0 Å². The summed E-state index contributed by atoms with van der Waals surface area (Å²) in [7, 11) is 4.19. The lowest BCUT2D eigenvalue weighted by Crippen LogP contribution is -2.53. The number of hydrogen-bond acceptors (Lipinski definition) is 3. The van der Waals surface area contributed by atoms with E-state index in [1.54, 1.807) is 0 Å². The van der Waals surface area contributed by atoms with Crippen molar-refractivity contribution in [2.75, 3.05) is 32.2 Å². The first-order valence-electron chi connectivity index (χ1n) is 9.06. The molecule has 1 fully saturated rings. The molecule has 3 heteroatoms. The molecule has 1 saturated heterocycles. The Balaban J connectivity index is 1.60. The van der Waals surface area contributed by atoms with Crippen molar-refractivity contribution in [1.29, 1.82) is 0 Å². The zero-order chi connectivity index (χ0) is 17.2. The summed E-state index contributed by atoms with van der Waals surface area (Å²) in [6.07, 6.45) is 3.48. The molecule has 4 rings (SSSR count). The lowest BCUT2D eigenvalue weighted by atomic mass is 9.89. The molecule has 0 amide bonds. The van der Waals surface area contributed by atoms with Gasteiger partial charge in [0.2, 0.25) is 0 Å². The van der Waals surface area contributed by atoms with Gasteiger partial charge in [0, 0.05) is 32.4 Å². The normalized spacial score (nSPS) is 23.2. The summed E-state index contributed by atoms with van der Waals surface area (Å²) < 4.78 is 5.86. The molecule has 0 N–H and O–H groups in total. The molecule has 2 atom stereocenters. The predicted molar refractivity (Wildman–Crippen MR) is 104 cm³/mol. The van der Waals surface area contributed by atoms with E-state index >= 15 is 0 Å². The van der Waals surface area contributed by atoms with Gasteiger partial charge in [0.05, 0.1) is 19.3 Å². The topological polar surface area (TPSA) is 15.7 Å². The van der Waals surface area contributed by atoms with E-state index in [-0.39, 0.29) is 0 Å². The van der Waals surface area contributed by atoms with Gasteiger partial charge in [0.25, 0.3) is 0 Å². The van der Waals surface area contributed by atoms with Crippen LogP contribution in [0.3, 0.4) is 0 Å². The second kappa shape index (κ2) is 7.03. The lowest BCUT2D eigenvalue weighted by molar-refractivity contribution is -0.0402. The van der Waals surface area contributed by atoms with Crippen LogP contribution in [-0.2, 0) is 11.3 Å². The monoisotopic (exact) mass is 334 g/mol. The van der Waals surface area contributed by atoms with Crippen molar-refractivity contribution >= 4 is 11.3 Å². The molecule has 2 aromatic rings. The number of ether oxygens (including phenoxy) is 1. The first-order chi connectivity index (χ1) is 12.2. The Morgan fingerprint density at radius 3 is 2.64 bits per heavy atom. The molecule has 2 aliphatic rings. The number of hydrogen-bond donors (Lipinski definition) is 0. The van der Waals surface area contributed by atoms with Crippen LogP contribution in [0.5, 0.6) is 0 Å². The molecule has 0 spiro atoms. The zero-order valence-electron chi connectivity index (χ0n) is 15.1. The third-order valence-electron chi connectivity index (χ3n) is 5.28. The van der Waals surface area contributed by atoms with Crippen molar-refractivity contribution in [2.45, 2.75) is 25.0 Å². The molecule has 2 aliphatic heterocycles. The quantitative estimate of drug-likeness (QED) is 0.846. The maximum Gasteiger partial charge on any atom is 0.0658 e. The minimum atomic E-state index is 0.366. The number of nitrogens with zero attached hydrogens (tertiary/aromatic N) is 2. The highest BCUT2D eigenvalue weighted by Gasteiger charge is 2.34. The molecular formula is C22H26N2O. The maximum absolute atomic E-state index is 5.86. The first kappa shape index (κ1) is 16.4. The summed E-state index contributed by atoms with van der Waals surface area (Å²) in [5.74, 6) is 0. The van der Waals surface area contributed by atoms with Crippen LogP contribution in [0.15, 0.2) is 60.7 Å². The van der Waals surface area contributed by atoms with E-state index in [4.69, 9.17) is 4.74 Å². The Morgan fingerprint density at radius 1 is 1.04 bits per heavy atom. The molecule has 0 aliphatic carbocycles.